The zero-order chi connectivity index (χ0) is 36.3. The fraction of sp³-hybridized carbons (Fsp3) is 0.489. The molecule has 0 aliphatic carbocycles. The molecule has 0 radical (unpaired) electrons. The summed E-state index contributed by atoms with van der Waals surface area (Å²) in [5, 5.41) is 22.6. The molecule has 2 aliphatic heterocycles. The van der Waals surface area contributed by atoms with Crippen LogP contribution in [0.15, 0.2) is 97.1 Å². The third-order valence-corrected chi connectivity index (χ3v) is 12.3. The molecular formula is C47H63N3O2. The van der Waals surface area contributed by atoms with Crippen LogP contribution in [0.25, 0.3) is 0 Å². The Bertz CT molecular complexity index is 1540. The first-order chi connectivity index (χ1) is 25.3. The lowest BCUT2D eigenvalue weighted by Gasteiger charge is -2.36. The zero-order valence-corrected chi connectivity index (χ0v) is 32.1. The molecule has 2 N–H and O–H groups in total. The van der Waals surface area contributed by atoms with E-state index in [1.165, 1.54) is 73.6 Å². The summed E-state index contributed by atoms with van der Waals surface area (Å²) in [4.78, 5) is 7.71. The fourth-order valence-corrected chi connectivity index (χ4v) is 8.83. The highest BCUT2D eigenvalue weighted by Crippen LogP contribution is 2.43. The predicted molar refractivity (Wildman–Crippen MR) is 216 cm³/mol. The minimum atomic E-state index is -0.326. The van der Waals surface area contributed by atoms with Gasteiger partial charge in [-0.05, 0) is 132 Å². The number of hydrogen-bond donors (Lipinski definition) is 2. The number of phenolic OH excluding ortho intramolecular Hbond substituents is 2. The van der Waals surface area contributed by atoms with Gasteiger partial charge < -0.3 is 10.2 Å². The lowest BCUT2D eigenvalue weighted by molar-refractivity contribution is 0.215. The average molecular weight is 702 g/mol. The number of benzene rings is 4. The number of hydrogen-bond acceptors (Lipinski definition) is 5. The third kappa shape index (κ3) is 9.66. The van der Waals surface area contributed by atoms with E-state index in [4.69, 9.17) is 0 Å². The van der Waals surface area contributed by atoms with Gasteiger partial charge in [0.05, 0.1) is 0 Å². The molecule has 0 saturated carbocycles. The number of phenols is 2. The molecule has 2 fully saturated rings. The Morgan fingerprint density at radius 1 is 0.577 bits per heavy atom. The first-order valence-electron chi connectivity index (χ1n) is 20.3. The number of rotatable bonds is 14. The van der Waals surface area contributed by atoms with Gasteiger partial charge in [-0.25, -0.2) is 0 Å². The maximum atomic E-state index is 11.3. The van der Waals surface area contributed by atoms with Crippen LogP contribution in [0.2, 0.25) is 0 Å². The molecule has 0 spiro atoms. The van der Waals surface area contributed by atoms with E-state index in [1.807, 2.05) is 12.1 Å². The van der Waals surface area contributed by atoms with Gasteiger partial charge in [-0.3, -0.25) is 14.7 Å². The Labute approximate surface area is 314 Å². The average Bonchev–Trinajstić information content (AvgIpc) is 3.62. The first kappa shape index (κ1) is 38.1. The standard InChI is InChI=1S/C47H63N3O2/c1-37(49-29-14-4-5-15-30-49)43-33-41(23-25-45(43)51)47(3,42-24-26-46(52)44(34-42)38(2)50-31-16-6-7-17-32-50)27-18-28-48(35-39-19-10-8-11-20-39)36-40-21-12-9-13-22-40/h8-13,19-26,33-34,37-38,51-52H,4-7,14-18,27-32,35-36H2,1-3H3. The van der Waals surface area contributed by atoms with E-state index >= 15 is 0 Å². The quantitative estimate of drug-likeness (QED) is 0.137. The Balaban J connectivity index is 1.33. The summed E-state index contributed by atoms with van der Waals surface area (Å²) in [6.45, 7) is 14.0. The van der Waals surface area contributed by atoms with Crippen LogP contribution in [-0.2, 0) is 18.5 Å². The molecule has 2 aliphatic rings. The van der Waals surface area contributed by atoms with Gasteiger partial charge in [-0.1, -0.05) is 105 Å². The summed E-state index contributed by atoms with van der Waals surface area (Å²) in [6, 6.07) is 34.8. The predicted octanol–water partition coefficient (Wildman–Crippen LogP) is 10.8. The highest BCUT2D eigenvalue weighted by molar-refractivity contribution is 5.49. The zero-order valence-electron chi connectivity index (χ0n) is 32.1. The van der Waals surface area contributed by atoms with E-state index in [0.29, 0.717) is 11.5 Å². The largest absolute Gasteiger partial charge is 0.508 e. The van der Waals surface area contributed by atoms with Crippen molar-refractivity contribution in [2.24, 2.45) is 0 Å². The first-order valence-corrected chi connectivity index (χ1v) is 20.3. The normalized spacial score (nSPS) is 18.7. The summed E-state index contributed by atoms with van der Waals surface area (Å²) in [6.07, 6.45) is 12.0. The highest BCUT2D eigenvalue weighted by atomic mass is 16.3. The molecule has 4 aromatic rings. The van der Waals surface area contributed by atoms with Gasteiger partial charge in [0, 0.05) is 41.7 Å². The molecular weight excluding hydrogens is 639 g/mol. The Morgan fingerprint density at radius 3 is 1.38 bits per heavy atom. The van der Waals surface area contributed by atoms with Gasteiger partial charge in [0.25, 0.3) is 0 Å². The van der Waals surface area contributed by atoms with Crippen molar-refractivity contribution in [3.63, 3.8) is 0 Å². The van der Waals surface area contributed by atoms with Crippen molar-refractivity contribution in [2.45, 2.75) is 116 Å². The van der Waals surface area contributed by atoms with E-state index < -0.39 is 0 Å². The number of nitrogens with zero attached hydrogens (tertiary/aromatic N) is 3. The maximum absolute atomic E-state index is 11.3. The van der Waals surface area contributed by atoms with E-state index in [0.717, 1.165) is 69.8 Å². The monoisotopic (exact) mass is 701 g/mol. The Kier molecular flexibility index (Phi) is 13.5. The lowest BCUT2D eigenvalue weighted by atomic mass is 9.71. The second-order valence-electron chi connectivity index (χ2n) is 15.9. The fourth-order valence-electron chi connectivity index (χ4n) is 8.83. The second-order valence-corrected chi connectivity index (χ2v) is 15.9. The molecule has 0 aromatic heterocycles. The molecule has 5 nitrogen and oxygen atoms in total. The van der Waals surface area contributed by atoms with Crippen LogP contribution >= 0.6 is 0 Å². The highest BCUT2D eigenvalue weighted by Gasteiger charge is 2.33. The van der Waals surface area contributed by atoms with Crippen LogP contribution < -0.4 is 0 Å². The Hall–Kier alpha value is -3.64. The third-order valence-electron chi connectivity index (χ3n) is 12.3. The van der Waals surface area contributed by atoms with Crippen molar-refractivity contribution in [2.75, 3.05) is 32.7 Å². The summed E-state index contributed by atoms with van der Waals surface area (Å²) in [7, 11) is 0. The van der Waals surface area contributed by atoms with Crippen molar-refractivity contribution in [1.29, 1.82) is 0 Å². The van der Waals surface area contributed by atoms with Gasteiger partial charge in [-0.2, -0.15) is 0 Å². The van der Waals surface area contributed by atoms with Crippen molar-refractivity contribution >= 4 is 0 Å². The van der Waals surface area contributed by atoms with Crippen molar-refractivity contribution < 1.29 is 10.2 Å². The number of aromatic hydroxyl groups is 2. The molecule has 5 heteroatoms. The summed E-state index contributed by atoms with van der Waals surface area (Å²) in [5.74, 6) is 0.779. The minimum Gasteiger partial charge on any atom is -0.508 e. The molecule has 278 valence electrons. The minimum absolute atomic E-state index is 0.146. The van der Waals surface area contributed by atoms with E-state index in [-0.39, 0.29) is 17.5 Å². The van der Waals surface area contributed by atoms with Crippen LogP contribution in [0, 0.1) is 0 Å². The van der Waals surface area contributed by atoms with Crippen molar-refractivity contribution in [3.8, 4) is 11.5 Å². The maximum Gasteiger partial charge on any atom is 0.120 e. The molecule has 2 heterocycles. The Morgan fingerprint density at radius 2 is 0.981 bits per heavy atom. The van der Waals surface area contributed by atoms with Gasteiger partial charge in [0.2, 0.25) is 0 Å². The molecule has 2 unspecified atom stereocenters. The van der Waals surface area contributed by atoms with E-state index in [2.05, 4.69) is 120 Å². The summed E-state index contributed by atoms with van der Waals surface area (Å²) >= 11 is 0. The van der Waals surface area contributed by atoms with Gasteiger partial charge in [0.1, 0.15) is 11.5 Å². The van der Waals surface area contributed by atoms with Gasteiger partial charge in [-0.15, -0.1) is 0 Å². The van der Waals surface area contributed by atoms with Gasteiger partial charge >= 0.3 is 0 Å². The molecule has 52 heavy (non-hydrogen) atoms. The van der Waals surface area contributed by atoms with Gasteiger partial charge in [0.15, 0.2) is 0 Å². The van der Waals surface area contributed by atoms with E-state index in [1.54, 1.807) is 0 Å². The van der Waals surface area contributed by atoms with Crippen LogP contribution in [0.5, 0.6) is 11.5 Å². The molecule has 0 amide bonds. The summed E-state index contributed by atoms with van der Waals surface area (Å²) in [5.41, 5.74) is 6.86. The van der Waals surface area contributed by atoms with Crippen LogP contribution in [0.3, 0.4) is 0 Å². The van der Waals surface area contributed by atoms with E-state index in [9.17, 15) is 10.2 Å². The molecule has 0 bridgehead atoms. The van der Waals surface area contributed by atoms with Crippen LogP contribution in [-0.4, -0.2) is 57.6 Å². The van der Waals surface area contributed by atoms with Crippen molar-refractivity contribution in [3.05, 3.63) is 130 Å². The van der Waals surface area contributed by atoms with Crippen molar-refractivity contribution in [1.82, 2.24) is 14.7 Å². The SMILES string of the molecule is CC(c1cc(C(C)(CCCN(Cc2ccccc2)Cc2ccccc2)c2ccc(O)c(C(C)N3CCCCCC3)c2)ccc1O)N1CCCCCC1. The molecule has 2 atom stereocenters. The van der Waals surface area contributed by atoms with Crippen LogP contribution in [0.1, 0.15) is 130 Å². The molecule has 2 saturated heterocycles. The second kappa shape index (κ2) is 18.4. The summed E-state index contributed by atoms with van der Waals surface area (Å²) < 4.78 is 0. The molecule has 4 aromatic carbocycles. The number of likely N-dealkylation sites (tertiary alicyclic amines) is 2. The van der Waals surface area contributed by atoms with Crippen LogP contribution in [0.4, 0.5) is 0 Å². The molecule has 6 rings (SSSR count). The smallest absolute Gasteiger partial charge is 0.120 e. The topological polar surface area (TPSA) is 50.2 Å². The lowest BCUT2D eigenvalue weighted by Crippen LogP contribution is -2.31.